The number of hydrogen-bond acceptors (Lipinski definition) is 4. The highest BCUT2D eigenvalue weighted by Gasteiger charge is 2.20. The first-order valence-corrected chi connectivity index (χ1v) is 5.70. The average molecular weight is 270 g/mol. The van der Waals surface area contributed by atoms with Crippen molar-refractivity contribution >= 4 is 11.6 Å². The number of aliphatic hydroxyl groups excluding tert-OH is 1. The van der Waals surface area contributed by atoms with Crippen LogP contribution in [0.3, 0.4) is 0 Å². The van der Waals surface area contributed by atoms with E-state index in [1.165, 1.54) is 11.9 Å². The number of non-ortho nitro benzene ring substituents is 1. The molecule has 0 spiro atoms. The smallest absolute Gasteiger partial charge is 0.270 e. The Hall–Kier alpha value is -2.02. The quantitative estimate of drug-likeness (QED) is 0.650. The molecule has 1 aromatic rings. The number of carbonyl (C=O) groups excluding carboxylic acids is 1. The van der Waals surface area contributed by atoms with E-state index in [1.807, 2.05) is 0 Å². The number of nitro benzene ring substituents is 1. The summed E-state index contributed by atoms with van der Waals surface area (Å²) in [5, 5.41) is 19.7. The Morgan fingerprint density at radius 3 is 2.74 bits per heavy atom. The molecule has 6 nitrogen and oxygen atoms in total. The highest BCUT2D eigenvalue weighted by molar-refractivity contribution is 5.94. The lowest BCUT2D eigenvalue weighted by molar-refractivity contribution is -0.384. The third kappa shape index (κ3) is 3.99. The summed E-state index contributed by atoms with van der Waals surface area (Å²) in [5.41, 5.74) is -0.684. The summed E-state index contributed by atoms with van der Waals surface area (Å²) in [6.07, 6.45) is -0.232. The van der Waals surface area contributed by atoms with Crippen LogP contribution in [0.25, 0.3) is 0 Å². The number of hydrogen-bond donors (Lipinski definition) is 1. The van der Waals surface area contributed by atoms with Crippen molar-refractivity contribution in [3.05, 3.63) is 39.7 Å². The second-order valence-corrected chi connectivity index (χ2v) is 4.29. The van der Waals surface area contributed by atoms with Crippen molar-refractivity contribution in [1.29, 1.82) is 0 Å². The summed E-state index contributed by atoms with van der Waals surface area (Å²) in [4.78, 5) is 23.1. The fourth-order valence-corrected chi connectivity index (χ4v) is 1.48. The molecule has 104 valence electrons. The fourth-order valence-electron chi connectivity index (χ4n) is 1.48. The number of rotatable bonds is 5. The van der Waals surface area contributed by atoms with Crippen LogP contribution in [0.2, 0.25) is 0 Å². The van der Waals surface area contributed by atoms with Gasteiger partial charge in [-0.05, 0) is 19.4 Å². The van der Waals surface area contributed by atoms with E-state index in [4.69, 9.17) is 5.11 Å². The first kappa shape index (κ1) is 15.0. The Morgan fingerprint density at radius 1 is 1.58 bits per heavy atom. The Balaban J connectivity index is 2.92. The SMILES string of the molecule is CC(O)CCN(C)C(=O)c1cc([N+](=O)[O-])ccc1F. The maximum Gasteiger partial charge on any atom is 0.270 e. The van der Waals surface area contributed by atoms with E-state index in [0.717, 1.165) is 18.2 Å². The maximum atomic E-state index is 13.5. The number of benzene rings is 1. The van der Waals surface area contributed by atoms with Crippen molar-refractivity contribution in [3.63, 3.8) is 0 Å². The number of carbonyl (C=O) groups is 1. The number of nitro groups is 1. The van der Waals surface area contributed by atoms with Crippen LogP contribution in [0.1, 0.15) is 23.7 Å². The molecule has 1 atom stereocenters. The van der Waals surface area contributed by atoms with Gasteiger partial charge in [-0.1, -0.05) is 0 Å². The normalized spacial score (nSPS) is 12.0. The molecule has 0 fully saturated rings. The summed E-state index contributed by atoms with van der Waals surface area (Å²) in [6.45, 7) is 1.81. The van der Waals surface area contributed by atoms with Crippen LogP contribution in [0, 0.1) is 15.9 Å². The minimum Gasteiger partial charge on any atom is -0.393 e. The third-order valence-electron chi connectivity index (χ3n) is 2.62. The van der Waals surface area contributed by atoms with Crippen molar-refractivity contribution < 1.29 is 19.2 Å². The third-order valence-corrected chi connectivity index (χ3v) is 2.62. The highest BCUT2D eigenvalue weighted by atomic mass is 19.1. The largest absolute Gasteiger partial charge is 0.393 e. The zero-order valence-electron chi connectivity index (χ0n) is 10.7. The molecule has 0 aromatic heterocycles. The van der Waals surface area contributed by atoms with Crippen molar-refractivity contribution in [1.82, 2.24) is 4.90 Å². The zero-order valence-corrected chi connectivity index (χ0v) is 10.7. The van der Waals surface area contributed by atoms with E-state index in [1.54, 1.807) is 6.92 Å². The summed E-state index contributed by atoms with van der Waals surface area (Å²) < 4.78 is 13.5. The van der Waals surface area contributed by atoms with Crippen molar-refractivity contribution in [2.45, 2.75) is 19.4 Å². The Kier molecular flexibility index (Phi) is 4.94. The van der Waals surface area contributed by atoms with Gasteiger partial charge in [0.15, 0.2) is 0 Å². The lowest BCUT2D eigenvalue weighted by Crippen LogP contribution is -2.30. The van der Waals surface area contributed by atoms with Crippen LogP contribution in [0.15, 0.2) is 18.2 Å². The monoisotopic (exact) mass is 270 g/mol. The maximum absolute atomic E-state index is 13.5. The van der Waals surface area contributed by atoms with E-state index in [0.29, 0.717) is 6.42 Å². The van der Waals surface area contributed by atoms with E-state index in [9.17, 15) is 19.3 Å². The number of aliphatic hydroxyl groups is 1. The van der Waals surface area contributed by atoms with Crippen LogP contribution < -0.4 is 0 Å². The molecule has 0 bridgehead atoms. The minimum absolute atomic E-state index is 0.235. The molecule has 0 saturated heterocycles. The molecule has 0 aliphatic heterocycles. The van der Waals surface area contributed by atoms with Gasteiger partial charge in [-0.15, -0.1) is 0 Å². The van der Waals surface area contributed by atoms with Gasteiger partial charge >= 0.3 is 0 Å². The minimum atomic E-state index is -0.806. The number of amides is 1. The molecule has 19 heavy (non-hydrogen) atoms. The average Bonchev–Trinajstić information content (AvgIpc) is 2.35. The summed E-state index contributed by atoms with van der Waals surface area (Å²) in [5.74, 6) is -1.46. The molecule has 0 aliphatic rings. The van der Waals surface area contributed by atoms with Crippen LogP contribution in [0.5, 0.6) is 0 Å². The van der Waals surface area contributed by atoms with Crippen LogP contribution in [-0.2, 0) is 0 Å². The Bertz CT molecular complexity index is 491. The molecule has 0 saturated carbocycles. The van der Waals surface area contributed by atoms with Gasteiger partial charge in [0.2, 0.25) is 0 Å². The zero-order chi connectivity index (χ0) is 14.6. The van der Waals surface area contributed by atoms with E-state index in [-0.39, 0.29) is 17.8 Å². The standard InChI is InChI=1S/C12H15FN2O4/c1-8(16)5-6-14(2)12(17)10-7-9(15(18)19)3-4-11(10)13/h3-4,7-8,16H,5-6H2,1-2H3. The predicted octanol–water partition coefficient (Wildman–Crippen LogP) is 1.58. The Morgan fingerprint density at radius 2 is 2.21 bits per heavy atom. The van der Waals surface area contributed by atoms with Gasteiger partial charge in [0.25, 0.3) is 11.6 Å². The fraction of sp³-hybridized carbons (Fsp3) is 0.417. The molecular formula is C12H15FN2O4. The first-order chi connectivity index (χ1) is 8.82. The van der Waals surface area contributed by atoms with Gasteiger partial charge < -0.3 is 10.0 Å². The van der Waals surface area contributed by atoms with Gasteiger partial charge in [0.05, 0.1) is 16.6 Å². The number of nitrogens with zero attached hydrogens (tertiary/aromatic N) is 2. The molecule has 0 aliphatic carbocycles. The lowest BCUT2D eigenvalue weighted by atomic mass is 10.1. The number of halogens is 1. The van der Waals surface area contributed by atoms with Gasteiger partial charge in [-0.3, -0.25) is 14.9 Å². The van der Waals surface area contributed by atoms with Crippen molar-refractivity contribution in [2.24, 2.45) is 0 Å². The first-order valence-electron chi connectivity index (χ1n) is 5.70. The summed E-state index contributed by atoms with van der Waals surface area (Å²) in [6, 6.07) is 2.81. The van der Waals surface area contributed by atoms with Crippen LogP contribution >= 0.6 is 0 Å². The molecule has 0 radical (unpaired) electrons. The van der Waals surface area contributed by atoms with Crippen molar-refractivity contribution in [2.75, 3.05) is 13.6 Å². The van der Waals surface area contributed by atoms with Gasteiger partial charge in [0.1, 0.15) is 5.82 Å². The van der Waals surface area contributed by atoms with E-state index in [2.05, 4.69) is 0 Å². The molecule has 1 aromatic carbocycles. The van der Waals surface area contributed by atoms with E-state index < -0.39 is 22.8 Å². The van der Waals surface area contributed by atoms with Crippen molar-refractivity contribution in [3.8, 4) is 0 Å². The van der Waals surface area contributed by atoms with Crippen LogP contribution in [-0.4, -0.2) is 40.5 Å². The molecule has 1 unspecified atom stereocenters. The lowest BCUT2D eigenvalue weighted by Gasteiger charge is -2.18. The van der Waals surface area contributed by atoms with Crippen LogP contribution in [0.4, 0.5) is 10.1 Å². The molecule has 0 heterocycles. The predicted molar refractivity (Wildman–Crippen MR) is 66.3 cm³/mol. The molecule has 1 amide bonds. The molecule has 1 rings (SSSR count). The van der Waals surface area contributed by atoms with Gasteiger partial charge in [-0.2, -0.15) is 0 Å². The summed E-state index contributed by atoms with van der Waals surface area (Å²) in [7, 11) is 1.45. The van der Waals surface area contributed by atoms with Gasteiger partial charge in [0, 0.05) is 25.7 Å². The molecular weight excluding hydrogens is 255 g/mol. The highest BCUT2D eigenvalue weighted by Crippen LogP contribution is 2.18. The molecule has 1 N–H and O–H groups in total. The van der Waals surface area contributed by atoms with Gasteiger partial charge in [-0.25, -0.2) is 4.39 Å². The second kappa shape index (κ2) is 6.24. The van der Waals surface area contributed by atoms with E-state index >= 15 is 0 Å². The molecule has 7 heteroatoms. The summed E-state index contributed by atoms with van der Waals surface area (Å²) >= 11 is 0. The second-order valence-electron chi connectivity index (χ2n) is 4.29. The Labute approximate surface area is 109 Å². The topological polar surface area (TPSA) is 83.7 Å².